The minimum Gasteiger partial charge on any atom is -0.452 e. The summed E-state index contributed by atoms with van der Waals surface area (Å²) < 4.78 is 4.82. The maximum atomic E-state index is 11.8. The van der Waals surface area contributed by atoms with Crippen molar-refractivity contribution in [3.8, 4) is 0 Å². The minimum atomic E-state index is -0.409. The molecule has 0 saturated heterocycles. The van der Waals surface area contributed by atoms with Gasteiger partial charge in [0.2, 0.25) is 5.22 Å². The topological polar surface area (TPSA) is 42.2 Å². The van der Waals surface area contributed by atoms with Gasteiger partial charge in [-0.2, -0.15) is 0 Å². The Morgan fingerprint density at radius 3 is 2.59 bits per heavy atom. The van der Waals surface area contributed by atoms with Crippen molar-refractivity contribution in [1.82, 2.24) is 0 Å². The smallest absolute Gasteiger partial charge is 0.260 e. The molecule has 0 atom stereocenters. The minimum absolute atomic E-state index is 0.0284. The third-order valence-corrected chi connectivity index (χ3v) is 3.17. The molecule has 0 bridgehead atoms. The lowest BCUT2D eigenvalue weighted by molar-refractivity contribution is 0.102. The maximum absolute atomic E-state index is 11.8. The number of nitrogens with one attached hydrogen (secondary N) is 1. The molecule has 0 saturated carbocycles. The molecule has 17 heavy (non-hydrogen) atoms. The van der Waals surface area contributed by atoms with Gasteiger partial charge in [0, 0.05) is 0 Å². The molecule has 3 nitrogen and oxygen atoms in total. The highest BCUT2D eigenvalue weighted by Gasteiger charge is 2.14. The highest BCUT2D eigenvalue weighted by molar-refractivity contribution is 6.44. The van der Waals surface area contributed by atoms with E-state index in [1.807, 2.05) is 0 Å². The van der Waals surface area contributed by atoms with E-state index in [0.717, 1.165) is 0 Å². The summed E-state index contributed by atoms with van der Waals surface area (Å²) in [6, 6.07) is 6.42. The molecule has 1 amide bonds. The molecule has 0 radical (unpaired) electrons. The van der Waals surface area contributed by atoms with Crippen LogP contribution in [0, 0.1) is 0 Å². The molecule has 0 aliphatic rings. The number of anilines is 1. The molecule has 2 aromatic rings. The van der Waals surface area contributed by atoms with Gasteiger partial charge in [0.05, 0.1) is 27.6 Å². The first-order valence-corrected chi connectivity index (χ1v) is 5.71. The van der Waals surface area contributed by atoms with Gasteiger partial charge in [0.1, 0.15) is 0 Å². The molecule has 0 unspecified atom stereocenters. The predicted molar refractivity (Wildman–Crippen MR) is 68.1 cm³/mol. The Labute approximate surface area is 112 Å². The third kappa shape index (κ3) is 2.57. The van der Waals surface area contributed by atoms with Crippen LogP contribution in [0.1, 0.15) is 10.4 Å². The van der Waals surface area contributed by atoms with Crippen LogP contribution >= 0.6 is 34.8 Å². The molecule has 1 aromatic heterocycles. The van der Waals surface area contributed by atoms with Gasteiger partial charge < -0.3 is 9.73 Å². The highest BCUT2D eigenvalue weighted by atomic mass is 35.5. The number of hydrogen-bond donors (Lipinski definition) is 1. The quantitative estimate of drug-likeness (QED) is 0.885. The molecule has 1 N–H and O–H groups in total. The van der Waals surface area contributed by atoms with Gasteiger partial charge in [-0.3, -0.25) is 4.79 Å². The molecule has 1 heterocycles. The van der Waals surface area contributed by atoms with Crippen molar-refractivity contribution in [1.29, 1.82) is 0 Å². The Morgan fingerprint density at radius 1 is 1.18 bits per heavy atom. The zero-order valence-corrected chi connectivity index (χ0v) is 10.6. The van der Waals surface area contributed by atoms with Crippen LogP contribution in [0.3, 0.4) is 0 Å². The van der Waals surface area contributed by atoms with Crippen LogP contribution in [0.5, 0.6) is 0 Å². The molecule has 1 aromatic carbocycles. The van der Waals surface area contributed by atoms with Gasteiger partial charge in [-0.25, -0.2) is 0 Å². The molecular weight excluding hydrogens is 284 g/mol. The second kappa shape index (κ2) is 5.00. The molecule has 6 heteroatoms. The zero-order chi connectivity index (χ0) is 12.4. The molecule has 0 aliphatic carbocycles. The largest absolute Gasteiger partial charge is 0.452 e. The fourth-order valence-electron chi connectivity index (χ4n) is 1.25. The van der Waals surface area contributed by atoms with E-state index in [1.54, 1.807) is 18.2 Å². The summed E-state index contributed by atoms with van der Waals surface area (Å²) in [5.41, 5.74) is 0.657. The van der Waals surface area contributed by atoms with E-state index in [1.165, 1.54) is 12.3 Å². The van der Waals surface area contributed by atoms with Crippen molar-refractivity contribution in [2.75, 3.05) is 5.32 Å². The fraction of sp³-hybridized carbons (Fsp3) is 0. The average Bonchev–Trinajstić information content (AvgIpc) is 2.71. The van der Waals surface area contributed by atoms with Gasteiger partial charge in [0.15, 0.2) is 0 Å². The molecule has 2 rings (SSSR count). The lowest BCUT2D eigenvalue weighted by Crippen LogP contribution is -2.11. The van der Waals surface area contributed by atoms with E-state index in [2.05, 4.69) is 5.32 Å². The van der Waals surface area contributed by atoms with Crippen LogP contribution in [0.2, 0.25) is 15.3 Å². The molecular formula is C11H6Cl3NO2. The normalized spacial score (nSPS) is 10.3. The Morgan fingerprint density at radius 2 is 1.94 bits per heavy atom. The van der Waals surface area contributed by atoms with E-state index in [0.29, 0.717) is 10.7 Å². The van der Waals surface area contributed by atoms with E-state index in [4.69, 9.17) is 39.2 Å². The Bertz CT molecular complexity index is 566. The second-order valence-corrected chi connectivity index (χ2v) is 4.29. The Kier molecular flexibility index (Phi) is 3.62. The molecule has 88 valence electrons. The van der Waals surface area contributed by atoms with E-state index >= 15 is 0 Å². The van der Waals surface area contributed by atoms with Crippen molar-refractivity contribution < 1.29 is 9.21 Å². The second-order valence-electron chi connectivity index (χ2n) is 3.16. The predicted octanol–water partition coefficient (Wildman–Crippen LogP) is 4.49. The van der Waals surface area contributed by atoms with E-state index in [-0.39, 0.29) is 15.8 Å². The summed E-state index contributed by atoms with van der Waals surface area (Å²) >= 11 is 17.4. The van der Waals surface area contributed by atoms with Crippen LogP contribution in [0.15, 0.2) is 34.9 Å². The lowest BCUT2D eigenvalue weighted by Gasteiger charge is -2.06. The number of carbonyl (C=O) groups is 1. The van der Waals surface area contributed by atoms with Crippen LogP contribution < -0.4 is 5.32 Å². The van der Waals surface area contributed by atoms with Gasteiger partial charge in [-0.05, 0) is 29.8 Å². The Balaban J connectivity index is 2.25. The number of amides is 1. The fourth-order valence-corrected chi connectivity index (χ4v) is 1.79. The molecule has 0 aliphatic heterocycles. The first-order valence-electron chi connectivity index (χ1n) is 4.58. The third-order valence-electron chi connectivity index (χ3n) is 2.06. The SMILES string of the molecule is O=C(Nc1cccc(Cl)c1Cl)c1ccoc1Cl. The maximum Gasteiger partial charge on any atom is 0.260 e. The summed E-state index contributed by atoms with van der Waals surface area (Å²) in [6.07, 6.45) is 1.33. The average molecular weight is 291 g/mol. The van der Waals surface area contributed by atoms with Crippen LogP contribution in [-0.2, 0) is 0 Å². The number of carbonyl (C=O) groups excluding carboxylic acids is 1. The van der Waals surface area contributed by atoms with Gasteiger partial charge in [0.25, 0.3) is 5.91 Å². The van der Waals surface area contributed by atoms with Crippen LogP contribution in [-0.4, -0.2) is 5.91 Å². The summed E-state index contributed by atoms with van der Waals surface area (Å²) in [6.45, 7) is 0. The summed E-state index contributed by atoms with van der Waals surface area (Å²) in [5.74, 6) is -0.409. The highest BCUT2D eigenvalue weighted by Crippen LogP contribution is 2.30. The first kappa shape index (κ1) is 12.3. The number of halogens is 3. The summed E-state index contributed by atoms with van der Waals surface area (Å²) in [4.78, 5) is 11.8. The van der Waals surface area contributed by atoms with E-state index in [9.17, 15) is 4.79 Å². The number of hydrogen-bond acceptors (Lipinski definition) is 2. The first-order chi connectivity index (χ1) is 8.09. The number of benzene rings is 1. The number of rotatable bonds is 2. The van der Waals surface area contributed by atoms with Gasteiger partial charge >= 0.3 is 0 Å². The van der Waals surface area contributed by atoms with Gasteiger partial charge in [-0.15, -0.1) is 0 Å². The Hall–Kier alpha value is -1.16. The molecule has 0 fully saturated rings. The van der Waals surface area contributed by atoms with Crippen molar-refractivity contribution in [2.24, 2.45) is 0 Å². The molecule has 0 spiro atoms. The van der Waals surface area contributed by atoms with Crippen molar-refractivity contribution >= 4 is 46.4 Å². The van der Waals surface area contributed by atoms with Crippen molar-refractivity contribution in [3.05, 3.63) is 51.4 Å². The summed E-state index contributed by atoms with van der Waals surface area (Å²) in [7, 11) is 0. The number of furan rings is 1. The van der Waals surface area contributed by atoms with Crippen molar-refractivity contribution in [2.45, 2.75) is 0 Å². The monoisotopic (exact) mass is 289 g/mol. The van der Waals surface area contributed by atoms with Crippen LogP contribution in [0.4, 0.5) is 5.69 Å². The van der Waals surface area contributed by atoms with E-state index < -0.39 is 5.91 Å². The zero-order valence-electron chi connectivity index (χ0n) is 8.34. The van der Waals surface area contributed by atoms with Gasteiger partial charge in [-0.1, -0.05) is 29.3 Å². The van der Waals surface area contributed by atoms with Crippen molar-refractivity contribution in [3.63, 3.8) is 0 Å². The standard InChI is InChI=1S/C11H6Cl3NO2/c12-7-2-1-3-8(9(7)13)15-11(16)6-4-5-17-10(6)14/h1-5H,(H,15,16). The van der Waals surface area contributed by atoms with Crippen LogP contribution in [0.25, 0.3) is 0 Å². The lowest BCUT2D eigenvalue weighted by atomic mass is 10.2. The summed E-state index contributed by atoms with van der Waals surface area (Å²) in [5, 5.41) is 3.27.